The summed E-state index contributed by atoms with van der Waals surface area (Å²) in [5, 5.41) is 20.7. The van der Waals surface area contributed by atoms with Crippen molar-refractivity contribution < 1.29 is 24.4 Å². The van der Waals surface area contributed by atoms with Gasteiger partial charge in [0.1, 0.15) is 12.4 Å². The molecule has 1 fully saturated rings. The number of hydrogen-bond donors (Lipinski definition) is 1. The highest BCUT2D eigenvalue weighted by molar-refractivity contribution is 14.1. The van der Waals surface area contributed by atoms with Gasteiger partial charge in [0.2, 0.25) is 0 Å². The van der Waals surface area contributed by atoms with Crippen molar-refractivity contribution in [2.75, 3.05) is 0 Å². The number of halogens is 2. The summed E-state index contributed by atoms with van der Waals surface area (Å²) in [7, 11) is 0. The third-order valence-electron chi connectivity index (χ3n) is 6.26. The maximum Gasteiger partial charge on any atom is 0.335 e. The largest absolute Gasteiger partial charge is 0.487 e. The zero-order chi connectivity index (χ0) is 30.5. The van der Waals surface area contributed by atoms with Gasteiger partial charge < -0.3 is 9.84 Å². The molecule has 4 aromatic rings. The van der Waals surface area contributed by atoms with Gasteiger partial charge in [-0.15, -0.1) is 0 Å². The lowest BCUT2D eigenvalue weighted by Crippen LogP contribution is -2.28. The number of para-hydroxylation sites is 1. The number of carbonyl (C=O) groups is 2. The number of thioether (sulfide) groups is 1. The molecule has 9 nitrogen and oxygen atoms in total. The van der Waals surface area contributed by atoms with Crippen LogP contribution in [0, 0.1) is 17.3 Å². The summed E-state index contributed by atoms with van der Waals surface area (Å²) in [6, 6.07) is 25.9. The molecule has 43 heavy (non-hydrogen) atoms. The topological polar surface area (TPSA) is 122 Å². The molecule has 0 spiro atoms. The SMILES string of the molecule is O=C(O)c1ccc(CN2C(=O)/C(=C/c3cc(I)c(OCc4ccc([N+](=O)[O-])cc4)c(I)c3)SC2=Nc2ccccc2)cc1. The summed E-state index contributed by atoms with van der Waals surface area (Å²) in [4.78, 5) is 42.2. The molecular formula is C31H21I2N3O6S. The van der Waals surface area contributed by atoms with E-state index in [0.717, 1.165) is 23.8 Å². The first kappa shape index (κ1) is 30.7. The van der Waals surface area contributed by atoms with Crippen LogP contribution in [0.1, 0.15) is 27.0 Å². The summed E-state index contributed by atoms with van der Waals surface area (Å²) in [5.41, 5.74) is 3.31. The molecule has 0 aromatic heterocycles. The normalized spacial score (nSPS) is 14.8. The molecule has 5 rings (SSSR count). The van der Waals surface area contributed by atoms with Gasteiger partial charge in [0.25, 0.3) is 11.6 Å². The molecule has 1 saturated heterocycles. The van der Waals surface area contributed by atoms with Crippen molar-refractivity contribution in [2.45, 2.75) is 13.2 Å². The fourth-order valence-electron chi connectivity index (χ4n) is 4.10. The average molecular weight is 817 g/mol. The second-order valence-corrected chi connectivity index (χ2v) is 12.6. The number of nitro groups is 1. The molecular weight excluding hydrogens is 796 g/mol. The Morgan fingerprint density at radius 3 is 2.21 bits per heavy atom. The van der Waals surface area contributed by atoms with Crippen LogP contribution in [0.15, 0.2) is 101 Å². The molecule has 1 heterocycles. The van der Waals surface area contributed by atoms with E-state index in [1.807, 2.05) is 48.5 Å². The number of benzene rings is 4. The Hall–Kier alpha value is -3.76. The molecule has 0 atom stereocenters. The van der Waals surface area contributed by atoms with Gasteiger partial charge in [-0.1, -0.05) is 30.3 Å². The van der Waals surface area contributed by atoms with Crippen molar-refractivity contribution in [3.8, 4) is 5.75 Å². The third kappa shape index (κ3) is 7.61. The Bertz CT molecular complexity index is 1740. The molecule has 1 amide bonds. The Balaban J connectivity index is 1.38. The molecule has 4 aromatic carbocycles. The van der Waals surface area contributed by atoms with E-state index in [4.69, 9.17) is 9.73 Å². The van der Waals surface area contributed by atoms with Crippen molar-refractivity contribution in [3.63, 3.8) is 0 Å². The van der Waals surface area contributed by atoms with E-state index in [1.54, 1.807) is 29.2 Å². The first-order chi connectivity index (χ1) is 20.7. The lowest BCUT2D eigenvalue weighted by atomic mass is 10.1. The molecule has 1 aliphatic heterocycles. The number of carboxylic acids is 1. The number of aliphatic imine (C=N–C) groups is 1. The Labute approximate surface area is 278 Å². The van der Waals surface area contributed by atoms with Crippen molar-refractivity contribution in [1.82, 2.24) is 4.90 Å². The van der Waals surface area contributed by atoms with Crippen LogP contribution in [0.3, 0.4) is 0 Å². The predicted octanol–water partition coefficient (Wildman–Crippen LogP) is 7.89. The number of amidine groups is 1. The number of non-ortho nitro benzene ring substituents is 1. The standard InChI is InChI=1S/C31H21I2N3O6S/c32-25-14-21(15-26(33)28(25)42-18-20-8-12-24(13-9-20)36(40)41)16-27-29(37)35(17-19-6-10-22(11-7-19)30(38)39)31(43-27)34-23-4-2-1-3-5-23/h1-16H,17-18H2,(H,38,39)/b27-16-,34-31?. The summed E-state index contributed by atoms with van der Waals surface area (Å²) in [5.74, 6) is -0.529. The minimum Gasteiger partial charge on any atom is -0.487 e. The number of rotatable bonds is 9. The predicted molar refractivity (Wildman–Crippen MR) is 182 cm³/mol. The first-order valence-corrected chi connectivity index (χ1v) is 15.7. The highest BCUT2D eigenvalue weighted by Gasteiger charge is 2.33. The molecule has 0 aliphatic carbocycles. The van der Waals surface area contributed by atoms with Crippen LogP contribution in [-0.2, 0) is 17.9 Å². The third-order valence-corrected chi connectivity index (χ3v) is 8.87. The molecule has 12 heteroatoms. The maximum absolute atomic E-state index is 13.6. The molecule has 0 bridgehead atoms. The Kier molecular flexibility index (Phi) is 9.77. The van der Waals surface area contributed by atoms with Crippen molar-refractivity contribution in [3.05, 3.63) is 135 Å². The molecule has 216 valence electrons. The zero-order valence-corrected chi connectivity index (χ0v) is 27.3. The Morgan fingerprint density at radius 2 is 1.60 bits per heavy atom. The number of amides is 1. The van der Waals surface area contributed by atoms with E-state index in [0.29, 0.717) is 21.5 Å². The number of carbonyl (C=O) groups excluding carboxylic acids is 1. The van der Waals surface area contributed by atoms with Gasteiger partial charge in [0.05, 0.1) is 34.8 Å². The highest BCUT2D eigenvalue weighted by Crippen LogP contribution is 2.37. The van der Waals surface area contributed by atoms with E-state index in [9.17, 15) is 24.8 Å². The van der Waals surface area contributed by atoms with Gasteiger partial charge in [-0.2, -0.15) is 0 Å². The smallest absolute Gasteiger partial charge is 0.335 e. The van der Waals surface area contributed by atoms with Crippen molar-refractivity contribution >= 4 is 91.4 Å². The minimum atomic E-state index is -1.01. The molecule has 1 N–H and O–H groups in total. The number of nitrogens with zero attached hydrogens (tertiary/aromatic N) is 3. The lowest BCUT2D eigenvalue weighted by molar-refractivity contribution is -0.384. The van der Waals surface area contributed by atoms with Gasteiger partial charge in [-0.3, -0.25) is 19.8 Å². The lowest BCUT2D eigenvalue weighted by Gasteiger charge is -2.16. The second-order valence-electron chi connectivity index (χ2n) is 9.26. The van der Waals surface area contributed by atoms with Crippen LogP contribution in [0.25, 0.3) is 6.08 Å². The number of ether oxygens (including phenoxy) is 1. The van der Waals surface area contributed by atoms with Crippen LogP contribution in [0.4, 0.5) is 11.4 Å². The minimum absolute atomic E-state index is 0.0243. The van der Waals surface area contributed by atoms with Crippen LogP contribution < -0.4 is 4.74 Å². The van der Waals surface area contributed by atoms with Gasteiger partial charge >= 0.3 is 5.97 Å². The van der Waals surface area contributed by atoms with Gasteiger partial charge in [-0.05, 0) is 128 Å². The van der Waals surface area contributed by atoms with Crippen molar-refractivity contribution in [2.24, 2.45) is 4.99 Å². The molecule has 0 unspecified atom stereocenters. The van der Waals surface area contributed by atoms with Crippen LogP contribution in [0.2, 0.25) is 0 Å². The summed E-state index contributed by atoms with van der Waals surface area (Å²) in [6.07, 6.45) is 1.82. The number of carboxylic acid groups (broad SMARTS) is 1. The summed E-state index contributed by atoms with van der Waals surface area (Å²) >= 11 is 5.66. The van der Waals surface area contributed by atoms with Crippen molar-refractivity contribution in [1.29, 1.82) is 0 Å². The monoisotopic (exact) mass is 817 g/mol. The fraction of sp³-hybridized carbons (Fsp3) is 0.0645. The quantitative estimate of drug-likeness (QED) is 0.0790. The van der Waals surface area contributed by atoms with E-state index < -0.39 is 10.9 Å². The highest BCUT2D eigenvalue weighted by atomic mass is 127. The zero-order valence-electron chi connectivity index (χ0n) is 22.1. The van der Waals surface area contributed by atoms with Crippen LogP contribution in [0.5, 0.6) is 5.75 Å². The average Bonchev–Trinajstić information content (AvgIpc) is 3.26. The summed E-state index contributed by atoms with van der Waals surface area (Å²) < 4.78 is 7.75. The van der Waals surface area contributed by atoms with E-state index in [1.165, 1.54) is 36.0 Å². The number of aromatic carboxylic acids is 1. The van der Waals surface area contributed by atoms with Crippen LogP contribution >= 0.6 is 56.9 Å². The second kappa shape index (κ2) is 13.7. The number of hydrogen-bond acceptors (Lipinski definition) is 7. The van der Waals surface area contributed by atoms with E-state index in [2.05, 4.69) is 45.2 Å². The van der Waals surface area contributed by atoms with Crippen LogP contribution in [-0.4, -0.2) is 32.0 Å². The summed E-state index contributed by atoms with van der Waals surface area (Å²) in [6.45, 7) is 0.486. The van der Waals surface area contributed by atoms with E-state index in [-0.39, 0.29) is 30.3 Å². The van der Waals surface area contributed by atoms with E-state index >= 15 is 0 Å². The fourth-order valence-corrected chi connectivity index (χ4v) is 7.23. The molecule has 0 radical (unpaired) electrons. The van der Waals surface area contributed by atoms with Gasteiger partial charge in [0.15, 0.2) is 5.17 Å². The van der Waals surface area contributed by atoms with Gasteiger partial charge in [-0.25, -0.2) is 9.79 Å². The molecule has 0 saturated carbocycles. The van der Waals surface area contributed by atoms with Gasteiger partial charge in [0, 0.05) is 12.1 Å². The maximum atomic E-state index is 13.6. The molecule has 1 aliphatic rings. The first-order valence-electron chi connectivity index (χ1n) is 12.7. The Morgan fingerprint density at radius 1 is 0.977 bits per heavy atom. The number of nitro benzene ring substituents is 1.